The molecule has 0 aliphatic rings. The van der Waals surface area contributed by atoms with Crippen molar-refractivity contribution >= 4 is 60.9 Å². The van der Waals surface area contributed by atoms with Crippen LogP contribution in [-0.2, 0) is 0 Å². The largest absolute Gasteiger partial charge is 0.455 e. The van der Waals surface area contributed by atoms with E-state index in [9.17, 15) is 10.5 Å². The van der Waals surface area contributed by atoms with Crippen molar-refractivity contribution in [3.05, 3.63) is 163 Å². The van der Waals surface area contributed by atoms with Crippen LogP contribution in [-0.4, -0.2) is 0 Å². The molecule has 0 bridgehead atoms. The molecule has 9 rings (SSSR count). The fourth-order valence-electron chi connectivity index (χ4n) is 6.84. The molecule has 0 saturated heterocycles. The van der Waals surface area contributed by atoms with Crippen molar-refractivity contribution in [2.24, 2.45) is 0 Å². The Morgan fingerprint density at radius 3 is 1.35 bits per heavy atom. The second-order valence-electron chi connectivity index (χ2n) is 11.9. The molecule has 49 heavy (non-hydrogen) atoms. The summed E-state index contributed by atoms with van der Waals surface area (Å²) in [6.07, 6.45) is 0. The van der Waals surface area contributed by atoms with Gasteiger partial charge in [-0.15, -0.1) is 0 Å². The van der Waals surface area contributed by atoms with Crippen molar-refractivity contribution in [2.75, 3.05) is 4.90 Å². The molecule has 0 fully saturated rings. The number of hydrogen-bond donors (Lipinski definition) is 0. The lowest BCUT2D eigenvalue weighted by Crippen LogP contribution is -2.10. The number of nitrogens with zero attached hydrogens (tertiary/aromatic N) is 3. The maximum Gasteiger partial charge on any atom is 0.143 e. The number of nitriles is 2. The van der Waals surface area contributed by atoms with Crippen LogP contribution in [0.3, 0.4) is 0 Å². The molecular formula is C44H25N3O2. The predicted molar refractivity (Wildman–Crippen MR) is 196 cm³/mol. The van der Waals surface area contributed by atoms with Crippen LogP contribution in [0.5, 0.6) is 0 Å². The average Bonchev–Trinajstić information content (AvgIpc) is 3.74. The fraction of sp³-hybridized carbons (Fsp3) is 0. The minimum Gasteiger partial charge on any atom is -0.455 e. The van der Waals surface area contributed by atoms with Gasteiger partial charge in [-0.05, 0) is 65.7 Å². The lowest BCUT2D eigenvalue weighted by molar-refractivity contribution is 0.669. The summed E-state index contributed by atoms with van der Waals surface area (Å²) in [6.45, 7) is 0. The highest BCUT2D eigenvalue weighted by Crippen LogP contribution is 2.41. The normalized spacial score (nSPS) is 11.2. The highest BCUT2D eigenvalue weighted by Gasteiger charge is 2.18. The number of furan rings is 2. The number of hydrogen-bond acceptors (Lipinski definition) is 5. The first-order valence-corrected chi connectivity index (χ1v) is 16.0. The van der Waals surface area contributed by atoms with Crippen LogP contribution in [0, 0.1) is 22.7 Å². The van der Waals surface area contributed by atoms with Gasteiger partial charge in [0.05, 0.1) is 11.1 Å². The van der Waals surface area contributed by atoms with Crippen LogP contribution in [0.15, 0.2) is 160 Å². The zero-order chi connectivity index (χ0) is 32.9. The third kappa shape index (κ3) is 4.61. The third-order valence-corrected chi connectivity index (χ3v) is 9.18. The van der Waals surface area contributed by atoms with Crippen molar-refractivity contribution in [1.29, 1.82) is 10.5 Å². The van der Waals surface area contributed by atoms with Crippen molar-refractivity contribution in [3.8, 4) is 34.4 Å². The average molecular weight is 628 g/mol. The molecule has 0 aliphatic carbocycles. The molecule has 0 N–H and O–H groups in total. The predicted octanol–water partition coefficient (Wildman–Crippen LogP) is 12.0. The summed E-state index contributed by atoms with van der Waals surface area (Å²) in [6, 6.07) is 55.0. The minimum absolute atomic E-state index is 0.325. The first-order chi connectivity index (χ1) is 24.2. The zero-order valence-electron chi connectivity index (χ0n) is 26.1. The molecule has 0 saturated carbocycles. The third-order valence-electron chi connectivity index (χ3n) is 9.18. The Labute approximate surface area is 281 Å². The molecule has 0 amide bonds. The van der Waals surface area contributed by atoms with Crippen LogP contribution in [0.4, 0.5) is 17.1 Å². The Morgan fingerprint density at radius 2 is 0.857 bits per heavy atom. The number of anilines is 3. The molecule has 2 heterocycles. The van der Waals surface area contributed by atoms with E-state index < -0.39 is 0 Å². The van der Waals surface area contributed by atoms with Gasteiger partial charge in [0, 0.05) is 49.7 Å². The number of rotatable bonds is 5. The molecular weight excluding hydrogens is 603 g/mol. The Hall–Kier alpha value is -7.08. The molecule has 0 unspecified atom stereocenters. The molecule has 9 aromatic rings. The van der Waals surface area contributed by atoms with Gasteiger partial charge in [-0.3, -0.25) is 0 Å². The molecule has 0 aliphatic heterocycles. The maximum absolute atomic E-state index is 9.86. The SMILES string of the molecule is N#Cc1ccc(N(c2ccc(-c3cccc4c3oc3ccccc34)cc2)c2ccc(-c3cccc4c3oc3ccccc34)cc2)cc1C#N. The first-order valence-electron chi connectivity index (χ1n) is 16.0. The summed E-state index contributed by atoms with van der Waals surface area (Å²) in [5.41, 5.74) is 10.8. The van der Waals surface area contributed by atoms with Crippen LogP contribution >= 0.6 is 0 Å². The van der Waals surface area contributed by atoms with Crippen molar-refractivity contribution in [2.45, 2.75) is 0 Å². The summed E-state index contributed by atoms with van der Waals surface area (Å²) >= 11 is 0. The van der Waals surface area contributed by atoms with Crippen molar-refractivity contribution in [3.63, 3.8) is 0 Å². The van der Waals surface area contributed by atoms with Crippen LogP contribution < -0.4 is 4.90 Å². The van der Waals surface area contributed by atoms with E-state index in [0.717, 1.165) is 83.2 Å². The standard InChI is InChI=1S/C44H25N3O2/c45-26-30-19-24-34(25-31(30)27-46)47(32-20-15-28(16-21-32)35-9-5-11-39-37-7-1-3-13-41(37)48-43(35)39)33-22-17-29(18-23-33)36-10-6-12-40-38-8-2-4-14-42(38)49-44(36)40/h1-25H. The summed E-state index contributed by atoms with van der Waals surface area (Å²) in [4.78, 5) is 2.10. The van der Waals surface area contributed by atoms with Crippen molar-refractivity contribution in [1.82, 2.24) is 0 Å². The maximum atomic E-state index is 9.86. The summed E-state index contributed by atoms with van der Waals surface area (Å²) in [5, 5.41) is 23.8. The number of fused-ring (bicyclic) bond motifs is 6. The second-order valence-corrected chi connectivity index (χ2v) is 11.9. The van der Waals surface area contributed by atoms with Gasteiger partial charge in [-0.1, -0.05) is 97.1 Å². The lowest BCUT2D eigenvalue weighted by Gasteiger charge is -2.26. The van der Waals surface area contributed by atoms with E-state index in [2.05, 4.69) is 114 Å². The molecule has 5 nitrogen and oxygen atoms in total. The van der Waals surface area contributed by atoms with Crippen LogP contribution in [0.2, 0.25) is 0 Å². The highest BCUT2D eigenvalue weighted by atomic mass is 16.3. The van der Waals surface area contributed by atoms with E-state index in [0.29, 0.717) is 11.1 Å². The molecule has 0 radical (unpaired) electrons. The topological polar surface area (TPSA) is 77.1 Å². The molecule has 2 aromatic heterocycles. The Balaban J connectivity index is 1.14. The molecule has 5 heteroatoms. The quantitative estimate of drug-likeness (QED) is 0.190. The second kappa shape index (κ2) is 11.3. The van der Waals surface area contributed by atoms with E-state index in [1.54, 1.807) is 12.1 Å². The molecule has 228 valence electrons. The minimum atomic E-state index is 0.325. The van der Waals surface area contributed by atoms with Crippen molar-refractivity contribution < 1.29 is 8.83 Å². The first kappa shape index (κ1) is 28.2. The zero-order valence-corrected chi connectivity index (χ0v) is 26.1. The summed E-state index contributed by atoms with van der Waals surface area (Å²) in [5.74, 6) is 0. The van der Waals surface area contributed by atoms with Gasteiger partial charge in [-0.25, -0.2) is 0 Å². The Bertz CT molecular complexity index is 2640. The van der Waals surface area contributed by atoms with Gasteiger partial charge >= 0.3 is 0 Å². The van der Waals surface area contributed by atoms with Crippen LogP contribution in [0.1, 0.15) is 11.1 Å². The van der Waals surface area contributed by atoms with E-state index in [-0.39, 0.29) is 0 Å². The van der Waals surface area contributed by atoms with Gasteiger partial charge in [-0.2, -0.15) is 10.5 Å². The lowest BCUT2D eigenvalue weighted by atomic mass is 10.0. The molecule has 0 spiro atoms. The van der Waals surface area contributed by atoms with Gasteiger partial charge < -0.3 is 13.7 Å². The Morgan fingerprint density at radius 1 is 0.408 bits per heavy atom. The van der Waals surface area contributed by atoms with Crippen LogP contribution in [0.25, 0.3) is 66.1 Å². The Kier molecular flexibility index (Phi) is 6.50. The fourth-order valence-corrected chi connectivity index (χ4v) is 6.84. The number of para-hydroxylation sites is 4. The van der Waals surface area contributed by atoms with Gasteiger partial charge in [0.1, 0.15) is 34.5 Å². The highest BCUT2D eigenvalue weighted by molar-refractivity contribution is 6.10. The van der Waals surface area contributed by atoms with E-state index in [4.69, 9.17) is 8.83 Å². The number of benzene rings is 7. The van der Waals surface area contributed by atoms with Gasteiger partial charge in [0.15, 0.2) is 0 Å². The molecule has 7 aromatic carbocycles. The van der Waals surface area contributed by atoms with E-state index in [1.807, 2.05) is 42.5 Å². The van der Waals surface area contributed by atoms with E-state index in [1.165, 1.54) is 0 Å². The van der Waals surface area contributed by atoms with Gasteiger partial charge in [0.2, 0.25) is 0 Å². The van der Waals surface area contributed by atoms with E-state index >= 15 is 0 Å². The monoisotopic (exact) mass is 627 g/mol. The summed E-state index contributed by atoms with van der Waals surface area (Å²) < 4.78 is 12.6. The molecule has 0 atom stereocenters. The summed E-state index contributed by atoms with van der Waals surface area (Å²) in [7, 11) is 0. The smallest absolute Gasteiger partial charge is 0.143 e. The van der Waals surface area contributed by atoms with Gasteiger partial charge in [0.25, 0.3) is 0 Å².